The summed E-state index contributed by atoms with van der Waals surface area (Å²) in [4.78, 5) is 0. The highest BCUT2D eigenvalue weighted by Gasteiger charge is 2.63. The van der Waals surface area contributed by atoms with E-state index in [1.165, 1.54) is 56.9 Å². The Kier molecular flexibility index (Phi) is 37.4. The molecule has 0 saturated carbocycles. The van der Waals surface area contributed by atoms with Crippen LogP contribution in [0.5, 0.6) is 0 Å². The monoisotopic (exact) mass is 1740 g/mol. The van der Waals surface area contributed by atoms with Crippen LogP contribution in [-0.2, 0) is 156 Å². The first-order valence-corrected chi connectivity index (χ1v) is 43.5. The number of benzene rings is 4. The molecule has 0 aromatic heterocycles. The van der Waals surface area contributed by atoms with Crippen LogP contribution in [0.2, 0.25) is 0 Å². The first-order valence-electron chi connectivity index (χ1n) is 40.5. The second-order valence-electron chi connectivity index (χ2n) is 30.1. The van der Waals surface area contributed by atoms with E-state index >= 15 is 0 Å². The summed E-state index contributed by atoms with van der Waals surface area (Å²) in [5.74, 6) is 0. The molecule has 0 aliphatic carbocycles. The Morgan fingerprint density at radius 2 is 0.325 bits per heavy atom. The van der Waals surface area contributed by atoms with Gasteiger partial charge >= 0.3 is 0 Å². The Morgan fingerprint density at radius 1 is 0.183 bits per heavy atom. The molecule has 33 nitrogen and oxygen atoms in total. The molecule has 14 bridgehead atoms. The number of hydrogen-bond acceptors (Lipinski definition) is 33. The van der Waals surface area contributed by atoms with E-state index < -0.39 is 231 Å². The lowest BCUT2D eigenvalue weighted by molar-refractivity contribution is -0.402. The molecule has 0 unspecified atom stereocenters. The van der Waals surface area contributed by atoms with Gasteiger partial charge in [0.2, 0.25) is 0 Å². The maximum atomic E-state index is 7.75. The van der Waals surface area contributed by atoms with E-state index in [0.717, 1.165) is 21.2 Å². The lowest BCUT2D eigenvalue weighted by Crippen LogP contribution is -2.69. The molecule has 21 fully saturated rings. The molecule has 0 radical (unpaired) electrons. The van der Waals surface area contributed by atoms with Crippen molar-refractivity contribution >= 4 is 37.1 Å². The quantitative estimate of drug-likeness (QED) is 0.0632. The molecule has 674 valence electrons. The van der Waals surface area contributed by atoms with Crippen molar-refractivity contribution in [1.82, 2.24) is 0 Å². The summed E-state index contributed by atoms with van der Waals surface area (Å²) in [6.45, 7) is -0.232. The minimum absolute atomic E-state index is 0.0449. The van der Waals surface area contributed by atoms with Gasteiger partial charge in [0.1, 0.15) is 159 Å². The van der Waals surface area contributed by atoms with Gasteiger partial charge in [-0.25, -0.2) is 0 Å². The van der Waals surface area contributed by atoms with E-state index in [1.807, 2.05) is 72.8 Å². The zero-order valence-electron chi connectivity index (χ0n) is 72.1. The highest BCUT2D eigenvalue weighted by molar-refractivity contribution is 7.73. The van der Waals surface area contributed by atoms with E-state index in [2.05, 4.69) is 48.5 Å². The SMILES string of the molecule is COC[C@H]1O[C@@H]2O[C@H]3[C@H](OC)[C@H](OC)[C@@H](O[C@H]4[C@H](OC)[C@@H](OC)[C@@H](O[C@H]5[C@H](OC)[C@@H](OC)[C@@H](O[C@H]6[C@H](OC)[C@@H](OC)[C@@H](O[C@H]7[C@H](OC)[C@@H](OC)[C@@H](O[C@H]8[C@H](OC)[C@@H](OC)[C@@H](O[C@H]1[C@H](OC)[C@@H]2OC)O[C@@H]8COC)O[C@@H]7COC)O[C@@H]6COC)O[C@@H]5COC)O[C@@H]4CP(c1ccccc1)c1ccccc1)O[C@@H]3CP(c1ccccc1)c1ccccc1. The first-order chi connectivity index (χ1) is 58.7. The van der Waals surface area contributed by atoms with Crippen molar-refractivity contribution in [1.29, 1.82) is 0 Å². The van der Waals surface area contributed by atoms with Crippen molar-refractivity contribution in [2.75, 3.05) is 180 Å². The van der Waals surface area contributed by atoms with Crippen LogP contribution in [0.4, 0.5) is 0 Å². The van der Waals surface area contributed by atoms with Crippen LogP contribution in [0.3, 0.4) is 0 Å². The van der Waals surface area contributed by atoms with E-state index in [4.69, 9.17) is 156 Å². The van der Waals surface area contributed by atoms with Crippen molar-refractivity contribution in [3.05, 3.63) is 121 Å². The van der Waals surface area contributed by atoms with Crippen molar-refractivity contribution in [3.63, 3.8) is 0 Å². The highest BCUT2D eigenvalue weighted by Crippen LogP contribution is 2.47. The van der Waals surface area contributed by atoms with E-state index in [1.54, 1.807) is 78.2 Å². The molecule has 120 heavy (non-hydrogen) atoms. The number of methoxy groups -OCH3 is 19. The second kappa shape index (κ2) is 46.9. The zero-order valence-corrected chi connectivity index (χ0v) is 73.9. The van der Waals surface area contributed by atoms with Gasteiger partial charge < -0.3 is 156 Å². The third-order valence-electron chi connectivity index (χ3n) is 23.6. The van der Waals surface area contributed by atoms with E-state index in [9.17, 15) is 0 Å². The number of ether oxygens (including phenoxy) is 33. The normalized spacial score (nSPS) is 39.8. The Hall–Kier alpha value is -3.58. The van der Waals surface area contributed by atoms with Crippen LogP contribution in [0.25, 0.3) is 0 Å². The van der Waals surface area contributed by atoms with E-state index in [0.29, 0.717) is 12.3 Å². The number of hydrogen-bond donors (Lipinski definition) is 0. The van der Waals surface area contributed by atoms with Crippen LogP contribution in [0.15, 0.2) is 121 Å². The fourth-order valence-corrected chi connectivity index (χ4v) is 22.9. The average molecular weight is 1740 g/mol. The highest BCUT2D eigenvalue weighted by atomic mass is 31.1. The summed E-state index contributed by atoms with van der Waals surface area (Å²) in [7, 11) is 26.9. The van der Waals surface area contributed by atoms with Crippen molar-refractivity contribution in [3.8, 4) is 0 Å². The molecule has 21 heterocycles. The fraction of sp³-hybridized carbons (Fsp3) is 0.718. The number of rotatable bonds is 32. The lowest BCUT2D eigenvalue weighted by atomic mass is 9.94. The zero-order chi connectivity index (χ0) is 85.1. The summed E-state index contributed by atoms with van der Waals surface area (Å²) in [5, 5.41) is 4.27. The molecule has 35 heteroatoms. The molecule has 21 saturated heterocycles. The standard InChI is InChI=1S/C85H126O33P2/c1-86-40-51-58-65(91-6)72(98-13)79(105-51)113-59-52(41-87-2)107-81(74(100-15)66(59)92-7)115-61-54(43-89-4)109-83(76(102-17)68(61)94-9)117-63-56(45-119(47-32-24-20-25-33-47)48-34-26-21-27-35-48)111-85(78(104-19)70(63)96-11)118-64-57(46-120(49-36-28-22-29-37-49)50-38-30-23-31-39-50)110-84(77(103-18)71(64)97-12)116-62-55(44-90-5)108-82(75(101-16)69(62)95-10)114-60-53(42-88-3)106-80(112-58)73(99-14)67(60)93-8/h20-39,51-85H,40-46H2,1-19H3/t51-,52-,53-,54-,55-,56-,57-,58-,59-,60-,61-,62-,63-,64-,65+,66+,67+,68+,69+,70+,71+,72-,73-,74-,75-,76+,77-,78+,79-,80-,81-,82-,83-,84-,85-/m1/s1. The summed E-state index contributed by atoms with van der Waals surface area (Å²) in [6, 6.07) is 41.2. The molecular weight excluding hydrogens is 1610 g/mol. The van der Waals surface area contributed by atoms with Gasteiger partial charge in [-0.3, -0.25) is 0 Å². The van der Waals surface area contributed by atoms with Crippen LogP contribution in [-0.4, -0.2) is 395 Å². The third kappa shape index (κ3) is 21.2. The molecule has 4 aromatic carbocycles. The van der Waals surface area contributed by atoms with Gasteiger partial charge in [-0.2, -0.15) is 0 Å². The van der Waals surface area contributed by atoms with Gasteiger partial charge in [-0.15, -0.1) is 0 Å². The lowest BCUT2D eigenvalue weighted by Gasteiger charge is -2.53. The maximum Gasteiger partial charge on any atom is 0.187 e. The van der Waals surface area contributed by atoms with Crippen molar-refractivity contribution in [2.45, 2.75) is 215 Å². The molecular formula is C85H126O33P2. The Morgan fingerprint density at radius 3 is 0.467 bits per heavy atom. The van der Waals surface area contributed by atoms with Gasteiger partial charge in [0.25, 0.3) is 0 Å². The molecule has 0 N–H and O–H groups in total. The first kappa shape index (κ1) is 95.5. The maximum absolute atomic E-state index is 7.75. The van der Waals surface area contributed by atoms with Gasteiger partial charge in [-0.1, -0.05) is 121 Å². The van der Waals surface area contributed by atoms with Gasteiger partial charge in [0.15, 0.2) is 44.0 Å². The summed E-state index contributed by atoms with van der Waals surface area (Å²) in [6.07, 6.45) is -36.0. The predicted molar refractivity (Wildman–Crippen MR) is 433 cm³/mol. The van der Waals surface area contributed by atoms with Gasteiger partial charge in [0.05, 0.1) is 45.2 Å². The minimum Gasteiger partial charge on any atom is -0.382 e. The average Bonchev–Trinajstić information content (AvgIpc) is 0.765. The van der Waals surface area contributed by atoms with Gasteiger partial charge in [0, 0.05) is 147 Å². The molecule has 0 amide bonds. The fourth-order valence-electron chi connectivity index (χ4n) is 18.1. The van der Waals surface area contributed by atoms with Crippen molar-refractivity contribution < 1.29 is 156 Å². The molecule has 21 aliphatic rings. The molecule has 21 aliphatic heterocycles. The summed E-state index contributed by atoms with van der Waals surface area (Å²) < 4.78 is 223. The Balaban J connectivity index is 1.00. The second-order valence-corrected chi connectivity index (χ2v) is 34.7. The van der Waals surface area contributed by atoms with E-state index in [-0.39, 0.29) is 33.0 Å². The largest absolute Gasteiger partial charge is 0.382 e. The Labute approximate surface area is 707 Å². The molecule has 4 aromatic rings. The van der Waals surface area contributed by atoms with Crippen LogP contribution >= 0.6 is 15.8 Å². The summed E-state index contributed by atoms with van der Waals surface area (Å²) >= 11 is 0. The van der Waals surface area contributed by atoms with Crippen LogP contribution < -0.4 is 21.2 Å². The van der Waals surface area contributed by atoms with Crippen LogP contribution in [0, 0.1) is 0 Å². The predicted octanol–water partition coefficient (Wildman–Crippen LogP) is 3.48. The molecule has 35 atom stereocenters. The summed E-state index contributed by atoms with van der Waals surface area (Å²) in [5.41, 5.74) is 0. The molecule has 0 spiro atoms. The Bertz CT molecular complexity index is 3360. The smallest absolute Gasteiger partial charge is 0.187 e. The van der Waals surface area contributed by atoms with Gasteiger partial charge in [-0.05, 0) is 37.1 Å². The minimum atomic E-state index is -1.27. The topological polar surface area (TPSA) is 305 Å². The molecule has 25 rings (SSSR count). The van der Waals surface area contributed by atoms with Crippen LogP contribution in [0.1, 0.15) is 0 Å². The third-order valence-corrected chi connectivity index (χ3v) is 28.8. The van der Waals surface area contributed by atoms with Crippen molar-refractivity contribution in [2.24, 2.45) is 0 Å².